The average molecular weight is 545 g/mol. The third kappa shape index (κ3) is 6.23. The molecule has 6 nitrogen and oxygen atoms in total. The van der Waals surface area contributed by atoms with Gasteiger partial charge in [0.05, 0.1) is 11.3 Å². The Labute approximate surface area is 234 Å². The first kappa shape index (κ1) is 28.1. The molecule has 0 atom stereocenters. The topological polar surface area (TPSA) is 75.7 Å². The van der Waals surface area contributed by atoms with Crippen molar-refractivity contribution in [1.29, 1.82) is 0 Å². The van der Waals surface area contributed by atoms with E-state index in [-0.39, 0.29) is 16.1 Å². The van der Waals surface area contributed by atoms with Crippen LogP contribution in [0, 0.1) is 6.92 Å². The molecule has 2 amide bonds. The minimum atomic E-state index is -0.585. The molecule has 0 radical (unpaired) electrons. The number of halogens is 1. The van der Waals surface area contributed by atoms with Gasteiger partial charge in [-0.15, -0.1) is 0 Å². The molecule has 1 aliphatic rings. The van der Waals surface area contributed by atoms with Gasteiger partial charge in [0.25, 0.3) is 11.8 Å². The van der Waals surface area contributed by atoms with Crippen LogP contribution in [-0.4, -0.2) is 17.8 Å². The Kier molecular flexibility index (Phi) is 8.26. The lowest BCUT2D eigenvalue weighted by atomic mass is 9.85. The highest BCUT2D eigenvalue weighted by molar-refractivity contribution is 6.53. The Morgan fingerprint density at radius 1 is 0.949 bits per heavy atom. The minimum Gasteiger partial charge on any atom is -0.423 e. The van der Waals surface area contributed by atoms with Crippen molar-refractivity contribution in [3.05, 3.63) is 99.7 Å². The molecule has 0 fully saturated rings. The molecule has 39 heavy (non-hydrogen) atoms. The molecule has 0 unspecified atom stereocenters. The summed E-state index contributed by atoms with van der Waals surface area (Å²) in [6, 6.07) is 19.6. The predicted molar refractivity (Wildman–Crippen MR) is 155 cm³/mol. The van der Waals surface area contributed by atoms with E-state index >= 15 is 0 Å². The van der Waals surface area contributed by atoms with Gasteiger partial charge < -0.3 is 10.1 Å². The fraction of sp³-hybridized carbons (Fsp3) is 0.281. The number of aryl methyl sites for hydroxylation is 2. The number of amides is 2. The van der Waals surface area contributed by atoms with Crippen LogP contribution in [0.4, 0.5) is 11.4 Å². The normalized spacial score (nSPS) is 13.7. The molecule has 0 saturated carbocycles. The standard InChI is InChI=1S/C32H33ClN2O4/c1-6-7-8-21-10-16-24(17-11-21)35-29(36)27(33)28(30(35)37)34-23-14-12-22(13-15-23)31(38)39-26-18-9-20(2)19-25(26)32(3,4)5/h9-19,34H,6-8H2,1-5H3. The lowest BCUT2D eigenvalue weighted by Crippen LogP contribution is -2.32. The molecule has 7 heteroatoms. The third-order valence-corrected chi connectivity index (χ3v) is 6.93. The maximum Gasteiger partial charge on any atom is 0.343 e. The number of rotatable bonds is 8. The first-order valence-electron chi connectivity index (χ1n) is 13.1. The number of anilines is 2. The Hall–Kier alpha value is -3.90. The van der Waals surface area contributed by atoms with Crippen molar-refractivity contribution in [3.8, 4) is 5.75 Å². The van der Waals surface area contributed by atoms with Gasteiger partial charge >= 0.3 is 5.97 Å². The summed E-state index contributed by atoms with van der Waals surface area (Å²) in [4.78, 5) is 39.9. The van der Waals surface area contributed by atoms with Crippen LogP contribution in [0.3, 0.4) is 0 Å². The van der Waals surface area contributed by atoms with Gasteiger partial charge in [-0.05, 0) is 73.2 Å². The van der Waals surface area contributed by atoms with Crippen LogP contribution in [0.5, 0.6) is 5.75 Å². The minimum absolute atomic E-state index is 0.0125. The van der Waals surface area contributed by atoms with Gasteiger partial charge in [-0.3, -0.25) is 9.59 Å². The fourth-order valence-corrected chi connectivity index (χ4v) is 4.56. The van der Waals surface area contributed by atoms with Crippen LogP contribution >= 0.6 is 11.6 Å². The van der Waals surface area contributed by atoms with Crippen molar-refractivity contribution in [2.24, 2.45) is 0 Å². The van der Waals surface area contributed by atoms with Gasteiger partial charge in [0.1, 0.15) is 16.5 Å². The number of unbranched alkanes of at least 4 members (excludes halogenated alkanes) is 1. The maximum atomic E-state index is 13.1. The molecular weight excluding hydrogens is 512 g/mol. The summed E-state index contributed by atoms with van der Waals surface area (Å²) in [6.45, 7) is 10.3. The van der Waals surface area contributed by atoms with Gasteiger partial charge in [-0.2, -0.15) is 0 Å². The monoisotopic (exact) mass is 544 g/mol. The molecular formula is C32H33ClN2O4. The summed E-state index contributed by atoms with van der Waals surface area (Å²) in [5, 5.41) is 2.76. The summed E-state index contributed by atoms with van der Waals surface area (Å²) < 4.78 is 5.73. The summed E-state index contributed by atoms with van der Waals surface area (Å²) in [5.74, 6) is -1.10. The lowest BCUT2D eigenvalue weighted by Gasteiger charge is -2.22. The Morgan fingerprint density at radius 3 is 2.23 bits per heavy atom. The molecule has 1 aliphatic heterocycles. The van der Waals surface area contributed by atoms with E-state index in [1.807, 2.05) is 37.3 Å². The van der Waals surface area contributed by atoms with Crippen molar-refractivity contribution in [2.75, 3.05) is 10.2 Å². The van der Waals surface area contributed by atoms with E-state index in [1.54, 1.807) is 36.4 Å². The van der Waals surface area contributed by atoms with Gasteiger partial charge in [0.15, 0.2) is 0 Å². The molecule has 0 saturated heterocycles. The second-order valence-electron chi connectivity index (χ2n) is 10.7. The Morgan fingerprint density at radius 2 is 1.62 bits per heavy atom. The molecule has 202 valence electrons. The van der Waals surface area contributed by atoms with Crippen molar-refractivity contribution in [1.82, 2.24) is 0 Å². The third-order valence-electron chi connectivity index (χ3n) is 6.58. The van der Waals surface area contributed by atoms with E-state index in [4.69, 9.17) is 16.3 Å². The van der Waals surface area contributed by atoms with Crippen molar-refractivity contribution in [3.63, 3.8) is 0 Å². The zero-order valence-electron chi connectivity index (χ0n) is 22.9. The molecule has 4 rings (SSSR count). The average Bonchev–Trinajstić information content (AvgIpc) is 3.11. The van der Waals surface area contributed by atoms with Crippen LogP contribution in [0.1, 0.15) is 67.6 Å². The Bertz CT molecular complexity index is 1430. The number of carbonyl (C=O) groups is 3. The molecule has 3 aromatic rings. The van der Waals surface area contributed by atoms with Gasteiger partial charge in [-0.25, -0.2) is 9.69 Å². The van der Waals surface area contributed by atoms with Gasteiger partial charge in [0, 0.05) is 11.3 Å². The molecule has 0 aliphatic carbocycles. The highest BCUT2D eigenvalue weighted by Crippen LogP contribution is 2.33. The number of nitrogens with one attached hydrogen (secondary N) is 1. The van der Waals surface area contributed by atoms with E-state index in [1.165, 1.54) is 0 Å². The van der Waals surface area contributed by atoms with Crippen LogP contribution in [0.2, 0.25) is 0 Å². The number of ether oxygens (including phenoxy) is 1. The highest BCUT2D eigenvalue weighted by atomic mass is 35.5. The number of hydrogen-bond acceptors (Lipinski definition) is 5. The maximum absolute atomic E-state index is 13.1. The largest absolute Gasteiger partial charge is 0.423 e. The molecule has 3 aromatic carbocycles. The fourth-order valence-electron chi connectivity index (χ4n) is 4.35. The van der Waals surface area contributed by atoms with E-state index in [9.17, 15) is 14.4 Å². The van der Waals surface area contributed by atoms with E-state index in [0.29, 0.717) is 22.7 Å². The van der Waals surface area contributed by atoms with E-state index < -0.39 is 17.8 Å². The number of esters is 1. The zero-order chi connectivity index (χ0) is 28.3. The second-order valence-corrected chi connectivity index (χ2v) is 11.1. The van der Waals surface area contributed by atoms with Crippen LogP contribution in [-0.2, 0) is 21.4 Å². The van der Waals surface area contributed by atoms with Crippen LogP contribution in [0.25, 0.3) is 0 Å². The van der Waals surface area contributed by atoms with Gasteiger partial charge in [-0.1, -0.05) is 75.5 Å². The van der Waals surface area contributed by atoms with Crippen molar-refractivity contribution >= 4 is 40.8 Å². The summed E-state index contributed by atoms with van der Waals surface area (Å²) in [7, 11) is 0. The summed E-state index contributed by atoms with van der Waals surface area (Å²) >= 11 is 6.28. The van der Waals surface area contributed by atoms with Crippen molar-refractivity contribution < 1.29 is 19.1 Å². The number of nitrogens with zero attached hydrogens (tertiary/aromatic N) is 1. The number of imide groups is 1. The van der Waals surface area contributed by atoms with E-state index in [0.717, 1.165) is 40.9 Å². The number of benzene rings is 3. The molecule has 0 aromatic heterocycles. The second kappa shape index (κ2) is 11.5. The predicted octanol–water partition coefficient (Wildman–Crippen LogP) is 7.29. The first-order chi connectivity index (χ1) is 18.5. The smallest absolute Gasteiger partial charge is 0.343 e. The van der Waals surface area contributed by atoms with Crippen LogP contribution < -0.4 is 15.0 Å². The van der Waals surface area contributed by atoms with Crippen molar-refractivity contribution in [2.45, 2.75) is 59.3 Å². The summed E-state index contributed by atoms with van der Waals surface area (Å²) in [6.07, 6.45) is 3.10. The first-order valence-corrected chi connectivity index (χ1v) is 13.4. The highest BCUT2D eigenvalue weighted by Gasteiger charge is 2.39. The van der Waals surface area contributed by atoms with Gasteiger partial charge in [0.2, 0.25) is 0 Å². The SMILES string of the molecule is CCCCc1ccc(N2C(=O)C(Cl)=C(Nc3ccc(C(=O)Oc4ccc(C)cc4C(C)(C)C)cc3)C2=O)cc1. The van der Waals surface area contributed by atoms with Crippen LogP contribution in [0.15, 0.2) is 77.5 Å². The number of carbonyl (C=O) groups excluding carboxylic acids is 3. The molecule has 0 bridgehead atoms. The van der Waals surface area contributed by atoms with E-state index in [2.05, 4.69) is 33.0 Å². The summed E-state index contributed by atoms with van der Waals surface area (Å²) in [5.41, 5.74) is 4.28. The molecule has 1 heterocycles. The lowest BCUT2D eigenvalue weighted by molar-refractivity contribution is -0.120. The Balaban J connectivity index is 1.46. The quantitative estimate of drug-likeness (QED) is 0.183. The zero-order valence-corrected chi connectivity index (χ0v) is 23.7. The number of hydrogen-bond donors (Lipinski definition) is 1. The molecule has 0 spiro atoms. The molecule has 1 N–H and O–H groups in total.